The molecule has 0 radical (unpaired) electrons. The molecule has 4 aromatic heterocycles. The van der Waals surface area contributed by atoms with Crippen molar-refractivity contribution in [2.75, 3.05) is 5.73 Å². The molecule has 0 fully saturated rings. The number of H-pyrrole nitrogens is 1. The molecular weight excluding hydrogens is 529 g/mol. The highest BCUT2D eigenvalue weighted by molar-refractivity contribution is 7.21. The SMILES string of the molecule is CC(=O)c1c(C)nc2sc(C(=O)c3c(=O)o[nH][n+]3-c3ccc(OC(F)(F)F)cc3)c(N)c2c1-c1ccco1. The molecular formula is C24H16F3N4O6S+. The van der Waals surface area contributed by atoms with E-state index in [1.165, 1.54) is 25.3 Å². The number of benzene rings is 1. The Morgan fingerprint density at radius 1 is 1.18 bits per heavy atom. The number of fused-ring (bicyclic) bond motifs is 1. The third-order valence-corrected chi connectivity index (χ3v) is 6.67. The van der Waals surface area contributed by atoms with Gasteiger partial charge in [-0.2, -0.15) is 0 Å². The maximum absolute atomic E-state index is 13.6. The lowest BCUT2D eigenvalue weighted by Crippen LogP contribution is -2.41. The van der Waals surface area contributed by atoms with Gasteiger partial charge in [-0.1, -0.05) is 0 Å². The van der Waals surface area contributed by atoms with E-state index in [-0.39, 0.29) is 27.6 Å². The Bertz CT molecular complexity index is 1770. The van der Waals surface area contributed by atoms with E-state index in [2.05, 4.69) is 15.0 Å². The van der Waals surface area contributed by atoms with Gasteiger partial charge in [0.25, 0.3) is 5.78 Å². The predicted molar refractivity (Wildman–Crippen MR) is 127 cm³/mol. The molecule has 0 bridgehead atoms. The highest BCUT2D eigenvalue weighted by Crippen LogP contribution is 2.42. The molecule has 0 aliphatic heterocycles. The number of aromatic nitrogens is 3. The smallest absolute Gasteiger partial charge is 0.464 e. The summed E-state index contributed by atoms with van der Waals surface area (Å²) >= 11 is 0.906. The summed E-state index contributed by atoms with van der Waals surface area (Å²) in [5, 5.41) is 2.57. The van der Waals surface area contributed by atoms with Crippen LogP contribution in [0.1, 0.15) is 38.3 Å². The summed E-state index contributed by atoms with van der Waals surface area (Å²) < 4.78 is 52.6. The van der Waals surface area contributed by atoms with E-state index in [4.69, 9.17) is 14.7 Å². The predicted octanol–water partition coefficient (Wildman–Crippen LogP) is 4.34. The molecule has 0 saturated heterocycles. The highest BCUT2D eigenvalue weighted by atomic mass is 32.1. The first kappa shape index (κ1) is 25.0. The van der Waals surface area contributed by atoms with Crippen molar-refractivity contribution >= 4 is 38.8 Å². The Labute approximate surface area is 214 Å². The number of ether oxygens (including phenoxy) is 1. The molecule has 0 aliphatic rings. The van der Waals surface area contributed by atoms with Crippen molar-refractivity contribution in [3.8, 4) is 22.8 Å². The Morgan fingerprint density at radius 2 is 1.89 bits per heavy atom. The van der Waals surface area contributed by atoms with Gasteiger partial charge in [0, 0.05) is 23.1 Å². The lowest BCUT2D eigenvalue weighted by atomic mass is 9.97. The summed E-state index contributed by atoms with van der Waals surface area (Å²) in [6.07, 6.45) is -3.46. The standard InChI is InChI=1S/C24H15F3N4O6S/c1-10-15(11(2)32)16(14-4-3-9-35-14)17-18(28)21(38-22(17)29-10)20(33)19-23(34)37-30-31(19)12-5-7-13(8-6-12)36-24(25,26)27/h3-9H,1-2H3,(H2-,28,30,33,34)/p+1. The van der Waals surface area contributed by atoms with Gasteiger partial charge in [-0.05, 0) is 48.1 Å². The number of carbonyl (C=O) groups is 2. The van der Waals surface area contributed by atoms with Crippen molar-refractivity contribution in [1.82, 2.24) is 10.3 Å². The topological polar surface area (TPSA) is 145 Å². The number of alkyl halides is 3. The van der Waals surface area contributed by atoms with Crippen molar-refractivity contribution in [2.45, 2.75) is 20.2 Å². The van der Waals surface area contributed by atoms with Crippen LogP contribution in [0, 0.1) is 6.92 Å². The number of halogens is 3. The van der Waals surface area contributed by atoms with E-state index in [1.54, 1.807) is 19.1 Å². The summed E-state index contributed by atoms with van der Waals surface area (Å²) in [4.78, 5) is 43.4. The van der Waals surface area contributed by atoms with Crippen LogP contribution in [0.25, 0.3) is 27.2 Å². The number of aryl methyl sites for hydroxylation is 1. The first-order chi connectivity index (χ1) is 18.0. The summed E-state index contributed by atoms with van der Waals surface area (Å²) in [6, 6.07) is 7.67. The molecule has 3 N–H and O–H groups in total. The van der Waals surface area contributed by atoms with E-state index in [9.17, 15) is 27.6 Å². The van der Waals surface area contributed by atoms with Crippen LogP contribution in [0.3, 0.4) is 0 Å². The largest absolute Gasteiger partial charge is 0.573 e. The zero-order valence-corrected chi connectivity index (χ0v) is 20.3. The van der Waals surface area contributed by atoms with Gasteiger partial charge in [0.05, 0.1) is 23.2 Å². The van der Waals surface area contributed by atoms with Crippen molar-refractivity contribution in [3.05, 3.63) is 74.9 Å². The number of thiophene rings is 1. The Hall–Kier alpha value is -4.72. The maximum atomic E-state index is 13.6. The van der Waals surface area contributed by atoms with Gasteiger partial charge in [-0.3, -0.25) is 14.1 Å². The molecule has 0 amide bonds. The van der Waals surface area contributed by atoms with Gasteiger partial charge in [-0.25, -0.2) is 9.78 Å². The van der Waals surface area contributed by atoms with Gasteiger partial charge in [0.2, 0.25) is 5.69 Å². The number of nitrogen functional groups attached to an aromatic ring is 1. The summed E-state index contributed by atoms with van der Waals surface area (Å²) in [6.45, 7) is 3.01. The lowest BCUT2D eigenvalue weighted by molar-refractivity contribution is -0.672. The first-order valence-electron chi connectivity index (χ1n) is 10.8. The van der Waals surface area contributed by atoms with E-state index in [0.29, 0.717) is 27.2 Å². The number of nitrogens with zero attached hydrogens (tertiary/aromatic N) is 2. The zero-order chi connectivity index (χ0) is 27.4. The molecule has 0 saturated carbocycles. The number of furan rings is 1. The van der Waals surface area contributed by atoms with Crippen LogP contribution in [0.15, 0.2) is 56.4 Å². The third-order valence-electron chi connectivity index (χ3n) is 5.57. The van der Waals surface area contributed by atoms with Gasteiger partial charge in [-0.15, -0.1) is 24.5 Å². The van der Waals surface area contributed by atoms with Gasteiger partial charge in [0.15, 0.2) is 5.78 Å². The number of hydrogen-bond donors (Lipinski definition) is 2. The fourth-order valence-electron chi connectivity index (χ4n) is 4.09. The third kappa shape index (κ3) is 4.24. The van der Waals surface area contributed by atoms with Crippen LogP contribution in [-0.2, 0) is 0 Å². The zero-order valence-electron chi connectivity index (χ0n) is 19.5. The summed E-state index contributed by atoms with van der Waals surface area (Å²) in [5.74, 6) is -1.28. The molecule has 0 aliphatic carbocycles. The van der Waals surface area contributed by atoms with Gasteiger partial charge in [0.1, 0.15) is 21.2 Å². The van der Waals surface area contributed by atoms with Gasteiger partial charge >= 0.3 is 17.7 Å². The van der Waals surface area contributed by atoms with Crippen LogP contribution in [0.5, 0.6) is 5.75 Å². The summed E-state index contributed by atoms with van der Waals surface area (Å²) in [5.41, 5.74) is 6.00. The molecule has 1 aromatic carbocycles. The number of anilines is 1. The van der Waals surface area contributed by atoms with Crippen molar-refractivity contribution < 1.29 is 41.1 Å². The lowest BCUT2D eigenvalue weighted by Gasteiger charge is -2.10. The number of nitrogens with two attached hydrogens (primary N) is 1. The Morgan fingerprint density at radius 3 is 2.50 bits per heavy atom. The van der Waals surface area contributed by atoms with E-state index >= 15 is 0 Å². The average Bonchev–Trinajstić information content (AvgIpc) is 3.57. The number of aromatic amines is 1. The van der Waals surface area contributed by atoms with Crippen LogP contribution in [0.2, 0.25) is 0 Å². The van der Waals surface area contributed by atoms with Crippen molar-refractivity contribution in [2.24, 2.45) is 0 Å². The van der Waals surface area contributed by atoms with Crippen molar-refractivity contribution in [1.29, 1.82) is 0 Å². The van der Waals surface area contributed by atoms with E-state index < -0.39 is 29.2 Å². The number of Topliss-reactive ketones (excluding diaryl/α,β-unsaturated/α-hetero) is 1. The molecule has 10 nitrogen and oxygen atoms in total. The second-order valence-electron chi connectivity index (χ2n) is 8.04. The molecule has 14 heteroatoms. The van der Waals surface area contributed by atoms with E-state index in [0.717, 1.165) is 28.2 Å². The molecule has 0 spiro atoms. The second-order valence-corrected chi connectivity index (χ2v) is 9.04. The fourth-order valence-corrected chi connectivity index (χ4v) is 5.18. The number of nitrogens with one attached hydrogen (secondary N) is 1. The molecule has 194 valence electrons. The fraction of sp³-hybridized carbons (Fsp3) is 0.125. The molecule has 38 heavy (non-hydrogen) atoms. The van der Waals surface area contributed by atoms with Crippen LogP contribution >= 0.6 is 11.3 Å². The number of rotatable bonds is 6. The van der Waals surface area contributed by atoms with Gasteiger partial charge < -0.3 is 14.9 Å². The number of carbonyl (C=O) groups excluding carboxylic acids is 2. The molecule has 5 rings (SSSR count). The van der Waals surface area contributed by atoms with Crippen LogP contribution < -0.4 is 20.8 Å². The molecule has 0 unspecified atom stereocenters. The Balaban J connectivity index is 1.65. The van der Waals surface area contributed by atoms with E-state index in [1.807, 2.05) is 0 Å². The number of hydrogen-bond acceptors (Lipinski definition) is 9. The second kappa shape index (κ2) is 8.99. The van der Waals surface area contributed by atoms with Crippen LogP contribution in [-0.4, -0.2) is 28.2 Å². The summed E-state index contributed by atoms with van der Waals surface area (Å²) in [7, 11) is 0. The molecule has 4 heterocycles. The normalized spacial score (nSPS) is 11.7. The number of ketones is 2. The maximum Gasteiger partial charge on any atom is 0.573 e. The number of pyridine rings is 1. The van der Waals surface area contributed by atoms with Crippen molar-refractivity contribution in [3.63, 3.8) is 0 Å². The minimum absolute atomic E-state index is 0.0301. The minimum atomic E-state index is -4.89. The monoisotopic (exact) mass is 545 g/mol. The highest BCUT2D eigenvalue weighted by Gasteiger charge is 2.36. The molecule has 5 aromatic rings. The first-order valence-corrected chi connectivity index (χ1v) is 11.6. The quantitative estimate of drug-likeness (QED) is 0.237. The Kier molecular flexibility index (Phi) is 5.90. The minimum Gasteiger partial charge on any atom is -0.464 e. The van der Waals surface area contributed by atoms with Crippen LogP contribution in [0.4, 0.5) is 18.9 Å². The average molecular weight is 545 g/mol. The molecule has 0 atom stereocenters.